The molecule has 0 amide bonds. The summed E-state index contributed by atoms with van der Waals surface area (Å²) in [5, 5.41) is 2.89. The molecule has 5 heteroatoms. The van der Waals surface area contributed by atoms with Gasteiger partial charge < -0.3 is 10.5 Å². The Labute approximate surface area is 99.8 Å². The van der Waals surface area contributed by atoms with Gasteiger partial charge in [0.1, 0.15) is 6.04 Å². The summed E-state index contributed by atoms with van der Waals surface area (Å²) in [6.07, 6.45) is 0.438. The molecule has 1 aromatic rings. The third-order valence-corrected chi connectivity index (χ3v) is 3.09. The maximum Gasteiger partial charge on any atom is 0.323 e. The van der Waals surface area contributed by atoms with Gasteiger partial charge in [0.05, 0.1) is 17.8 Å². The lowest BCUT2D eigenvalue weighted by atomic mass is 9.93. The molecule has 0 saturated heterocycles. The number of hydrogen-bond donors (Lipinski definition) is 1. The van der Waals surface area contributed by atoms with Crippen LogP contribution in [0, 0.1) is 0 Å². The van der Waals surface area contributed by atoms with Crippen LogP contribution in [0.1, 0.15) is 31.5 Å². The molecule has 0 saturated carbocycles. The first kappa shape index (κ1) is 13.1. The first-order chi connectivity index (χ1) is 7.34. The maximum atomic E-state index is 11.1. The Hall–Kier alpha value is -0.940. The molecule has 0 radical (unpaired) electrons. The van der Waals surface area contributed by atoms with Crippen molar-refractivity contribution < 1.29 is 9.53 Å². The van der Waals surface area contributed by atoms with Gasteiger partial charge in [-0.15, -0.1) is 11.3 Å². The van der Waals surface area contributed by atoms with Crippen LogP contribution in [0.5, 0.6) is 0 Å². The van der Waals surface area contributed by atoms with E-state index in [1.54, 1.807) is 0 Å². The monoisotopic (exact) mass is 242 g/mol. The predicted octanol–water partition coefficient (Wildman–Crippen LogP) is 1.48. The molecule has 0 aliphatic rings. The Kier molecular flexibility index (Phi) is 4.04. The van der Waals surface area contributed by atoms with Crippen LogP contribution in [0.25, 0.3) is 0 Å². The summed E-state index contributed by atoms with van der Waals surface area (Å²) in [4.78, 5) is 15.6. The van der Waals surface area contributed by atoms with Gasteiger partial charge >= 0.3 is 5.97 Å². The Bertz CT molecular complexity index is 368. The minimum atomic E-state index is -0.621. The van der Waals surface area contributed by atoms with Crippen LogP contribution in [-0.4, -0.2) is 24.1 Å². The van der Waals surface area contributed by atoms with Gasteiger partial charge in [-0.2, -0.15) is 0 Å². The Balaban J connectivity index is 2.69. The van der Waals surface area contributed by atoms with Crippen LogP contribution in [-0.2, 0) is 21.4 Å². The van der Waals surface area contributed by atoms with Gasteiger partial charge in [0, 0.05) is 17.2 Å². The molecule has 1 unspecified atom stereocenters. The SMILES string of the molecule is COC(=O)C(N)Cc1nc(C(C)(C)C)cs1. The standard InChI is InChI=1S/C11H18N2O2S/c1-11(2,3)8-6-16-9(13-8)5-7(12)10(14)15-4/h6-7H,5,12H2,1-4H3. The van der Waals surface area contributed by atoms with E-state index in [1.165, 1.54) is 18.4 Å². The summed E-state index contributed by atoms with van der Waals surface area (Å²) in [5.74, 6) is -0.396. The molecule has 4 nitrogen and oxygen atoms in total. The molecular formula is C11H18N2O2S. The van der Waals surface area contributed by atoms with Crippen LogP contribution in [0.15, 0.2) is 5.38 Å². The number of thiazole rings is 1. The summed E-state index contributed by atoms with van der Waals surface area (Å²) in [6.45, 7) is 6.31. The molecule has 0 aromatic carbocycles. The minimum absolute atomic E-state index is 0.0319. The zero-order chi connectivity index (χ0) is 12.3. The molecule has 0 bridgehead atoms. The number of hydrogen-bond acceptors (Lipinski definition) is 5. The number of nitrogens with two attached hydrogens (primary N) is 1. The van der Waals surface area contributed by atoms with Crippen molar-refractivity contribution >= 4 is 17.3 Å². The predicted molar refractivity (Wildman–Crippen MR) is 64.5 cm³/mol. The maximum absolute atomic E-state index is 11.1. The zero-order valence-corrected chi connectivity index (χ0v) is 10.9. The summed E-state index contributed by atoms with van der Waals surface area (Å²) in [6, 6.07) is -0.621. The summed E-state index contributed by atoms with van der Waals surface area (Å²) >= 11 is 1.53. The third-order valence-electron chi connectivity index (χ3n) is 2.22. The Morgan fingerprint density at radius 2 is 2.25 bits per heavy atom. The highest BCUT2D eigenvalue weighted by Crippen LogP contribution is 2.24. The number of carbonyl (C=O) groups is 1. The number of aromatic nitrogens is 1. The largest absolute Gasteiger partial charge is 0.468 e. The quantitative estimate of drug-likeness (QED) is 0.815. The first-order valence-corrected chi connectivity index (χ1v) is 6.01. The normalized spacial score (nSPS) is 13.6. The number of esters is 1. The van der Waals surface area contributed by atoms with Crippen molar-refractivity contribution in [2.24, 2.45) is 5.73 Å². The van der Waals surface area contributed by atoms with Crippen LogP contribution in [0.3, 0.4) is 0 Å². The molecule has 90 valence electrons. The van der Waals surface area contributed by atoms with Crippen molar-refractivity contribution in [2.45, 2.75) is 38.6 Å². The van der Waals surface area contributed by atoms with E-state index in [9.17, 15) is 4.79 Å². The molecule has 2 N–H and O–H groups in total. The van der Waals surface area contributed by atoms with E-state index in [2.05, 4.69) is 30.5 Å². The molecule has 0 aliphatic carbocycles. The van der Waals surface area contributed by atoms with E-state index < -0.39 is 12.0 Å². The average Bonchev–Trinajstić information content (AvgIpc) is 2.64. The van der Waals surface area contributed by atoms with Gasteiger partial charge in [-0.05, 0) is 0 Å². The van der Waals surface area contributed by atoms with Crippen molar-refractivity contribution in [3.05, 3.63) is 16.1 Å². The third kappa shape index (κ3) is 3.28. The number of methoxy groups -OCH3 is 1. The Morgan fingerprint density at radius 1 is 1.62 bits per heavy atom. The molecule has 1 atom stereocenters. The molecule has 0 aliphatic heterocycles. The van der Waals surface area contributed by atoms with Crippen LogP contribution in [0.2, 0.25) is 0 Å². The van der Waals surface area contributed by atoms with Crippen molar-refractivity contribution in [3.63, 3.8) is 0 Å². The number of carbonyl (C=O) groups excluding carboxylic acids is 1. The molecule has 1 aromatic heterocycles. The van der Waals surface area contributed by atoms with Crippen LogP contribution < -0.4 is 5.73 Å². The van der Waals surface area contributed by atoms with Gasteiger partial charge in [-0.25, -0.2) is 4.98 Å². The second-order valence-corrected chi connectivity index (χ2v) is 5.65. The number of rotatable bonds is 3. The van der Waals surface area contributed by atoms with Crippen molar-refractivity contribution in [3.8, 4) is 0 Å². The van der Waals surface area contributed by atoms with E-state index in [-0.39, 0.29) is 5.41 Å². The molecular weight excluding hydrogens is 224 g/mol. The fraction of sp³-hybridized carbons (Fsp3) is 0.636. The van der Waals surface area contributed by atoms with Gasteiger partial charge in [0.15, 0.2) is 0 Å². The molecule has 0 spiro atoms. The fourth-order valence-electron chi connectivity index (χ4n) is 1.17. The second-order valence-electron chi connectivity index (χ2n) is 4.71. The summed E-state index contributed by atoms with van der Waals surface area (Å²) in [5.41, 5.74) is 6.73. The lowest BCUT2D eigenvalue weighted by molar-refractivity contribution is -0.142. The van der Waals surface area contributed by atoms with E-state index >= 15 is 0 Å². The van der Waals surface area contributed by atoms with E-state index in [0.717, 1.165) is 10.7 Å². The van der Waals surface area contributed by atoms with E-state index in [0.29, 0.717) is 6.42 Å². The van der Waals surface area contributed by atoms with Crippen molar-refractivity contribution in [2.75, 3.05) is 7.11 Å². The lowest BCUT2D eigenvalue weighted by Gasteiger charge is -2.14. The molecule has 1 heterocycles. The van der Waals surface area contributed by atoms with Gasteiger partial charge in [0.2, 0.25) is 0 Å². The van der Waals surface area contributed by atoms with Gasteiger partial charge in [0.25, 0.3) is 0 Å². The van der Waals surface area contributed by atoms with Crippen molar-refractivity contribution in [1.29, 1.82) is 0 Å². The van der Waals surface area contributed by atoms with Gasteiger partial charge in [-0.1, -0.05) is 20.8 Å². The van der Waals surface area contributed by atoms with E-state index in [1.807, 2.05) is 5.38 Å². The fourth-order valence-corrected chi connectivity index (χ4v) is 2.25. The smallest absolute Gasteiger partial charge is 0.323 e. The number of ether oxygens (including phenoxy) is 1. The summed E-state index contributed by atoms with van der Waals surface area (Å²) < 4.78 is 4.57. The van der Waals surface area contributed by atoms with Crippen molar-refractivity contribution in [1.82, 2.24) is 4.98 Å². The zero-order valence-electron chi connectivity index (χ0n) is 10.1. The second kappa shape index (κ2) is 4.93. The molecule has 1 rings (SSSR count). The minimum Gasteiger partial charge on any atom is -0.468 e. The van der Waals surface area contributed by atoms with Gasteiger partial charge in [-0.3, -0.25) is 4.79 Å². The Morgan fingerprint density at radius 3 is 2.69 bits per heavy atom. The highest BCUT2D eigenvalue weighted by Gasteiger charge is 2.20. The van der Waals surface area contributed by atoms with E-state index in [4.69, 9.17) is 5.73 Å². The topological polar surface area (TPSA) is 65.2 Å². The number of nitrogens with zero attached hydrogens (tertiary/aromatic N) is 1. The summed E-state index contributed by atoms with van der Waals surface area (Å²) in [7, 11) is 1.34. The molecule has 16 heavy (non-hydrogen) atoms. The molecule has 0 fully saturated rings. The lowest BCUT2D eigenvalue weighted by Crippen LogP contribution is -2.33. The highest BCUT2D eigenvalue weighted by molar-refractivity contribution is 7.09. The van der Waals surface area contributed by atoms with Crippen LogP contribution in [0.4, 0.5) is 0 Å². The average molecular weight is 242 g/mol. The first-order valence-electron chi connectivity index (χ1n) is 5.13. The highest BCUT2D eigenvalue weighted by atomic mass is 32.1. The van der Waals surface area contributed by atoms with Crippen LogP contribution >= 0.6 is 11.3 Å².